The van der Waals surface area contributed by atoms with E-state index in [0.717, 1.165) is 55.2 Å². The Morgan fingerprint density at radius 1 is 1.09 bits per heavy atom. The second kappa shape index (κ2) is 14.4. The van der Waals surface area contributed by atoms with E-state index in [1.165, 1.54) is 6.42 Å². The van der Waals surface area contributed by atoms with Gasteiger partial charge in [-0.15, -0.1) is 6.58 Å². The molecule has 35 heavy (non-hydrogen) atoms. The Balaban J connectivity index is 3.34. The zero-order valence-corrected chi connectivity index (χ0v) is 24.5. The standard InChI is InChI=1S/C30H51O4P/c1-10-14-15-16-17-18-20-30(8,9)27-22-24(21-26(28(27)31)29(5,6)7)23-35(32,33-13-4)34-25(12-3)19-11-2/h10,12,14,21-22,25,31H,3,11,13,15-20,23H2,1-2,4-9H3/b14-10-. The molecule has 2 unspecified atom stereocenters. The third-order valence-corrected chi connectivity index (χ3v) is 8.45. The average molecular weight is 507 g/mol. The van der Waals surface area contributed by atoms with E-state index in [1.54, 1.807) is 6.08 Å². The first-order chi connectivity index (χ1) is 16.3. The van der Waals surface area contributed by atoms with Crippen molar-refractivity contribution in [1.82, 2.24) is 0 Å². The Labute approximate surface area is 215 Å². The Bertz CT molecular complexity index is 864. The highest BCUT2D eigenvalue weighted by Gasteiger charge is 2.33. The molecule has 0 aliphatic heterocycles. The molecule has 1 rings (SSSR count). The number of hydrogen-bond donors (Lipinski definition) is 1. The van der Waals surface area contributed by atoms with E-state index in [-0.39, 0.29) is 23.1 Å². The smallest absolute Gasteiger partial charge is 0.335 e. The van der Waals surface area contributed by atoms with E-state index >= 15 is 0 Å². The Kier molecular flexibility index (Phi) is 13.0. The van der Waals surface area contributed by atoms with Crippen LogP contribution in [-0.4, -0.2) is 17.8 Å². The second-order valence-corrected chi connectivity index (χ2v) is 13.2. The molecule has 1 aromatic carbocycles. The van der Waals surface area contributed by atoms with Crippen LogP contribution in [0, 0.1) is 0 Å². The summed E-state index contributed by atoms with van der Waals surface area (Å²) in [5.74, 6) is 0.349. The molecule has 0 aliphatic carbocycles. The van der Waals surface area contributed by atoms with Crippen LogP contribution in [0.25, 0.3) is 0 Å². The van der Waals surface area contributed by atoms with Gasteiger partial charge >= 0.3 is 7.60 Å². The molecule has 0 aliphatic rings. The molecule has 1 N–H and O–H groups in total. The van der Waals surface area contributed by atoms with Crippen molar-refractivity contribution in [3.63, 3.8) is 0 Å². The largest absolute Gasteiger partial charge is 0.507 e. The van der Waals surface area contributed by atoms with Gasteiger partial charge < -0.3 is 14.2 Å². The van der Waals surface area contributed by atoms with Gasteiger partial charge in [0.05, 0.1) is 18.9 Å². The van der Waals surface area contributed by atoms with Crippen LogP contribution < -0.4 is 0 Å². The van der Waals surface area contributed by atoms with Gasteiger partial charge in [0.1, 0.15) is 5.75 Å². The quantitative estimate of drug-likeness (QED) is 0.138. The third-order valence-electron chi connectivity index (χ3n) is 6.45. The zero-order valence-electron chi connectivity index (χ0n) is 23.7. The first-order valence-corrected chi connectivity index (χ1v) is 15.1. The fraction of sp³-hybridized carbons (Fsp3) is 0.667. The molecular weight excluding hydrogens is 455 g/mol. The zero-order chi connectivity index (χ0) is 26.7. The first kappa shape index (κ1) is 31.7. The highest BCUT2D eigenvalue weighted by molar-refractivity contribution is 7.53. The molecule has 4 nitrogen and oxygen atoms in total. The lowest BCUT2D eigenvalue weighted by Crippen LogP contribution is -2.21. The average Bonchev–Trinajstić information content (AvgIpc) is 2.76. The van der Waals surface area contributed by atoms with Crippen LogP contribution in [0.1, 0.15) is 117 Å². The maximum absolute atomic E-state index is 13.8. The van der Waals surface area contributed by atoms with Gasteiger partial charge in [0.2, 0.25) is 0 Å². The molecule has 0 radical (unpaired) electrons. The molecule has 0 aromatic heterocycles. The summed E-state index contributed by atoms with van der Waals surface area (Å²) in [4.78, 5) is 0. The summed E-state index contributed by atoms with van der Waals surface area (Å²) in [6.07, 6.45) is 13.1. The van der Waals surface area contributed by atoms with Crippen LogP contribution in [0.15, 0.2) is 36.9 Å². The molecule has 0 heterocycles. The highest BCUT2D eigenvalue weighted by atomic mass is 31.2. The predicted octanol–water partition coefficient (Wildman–Crippen LogP) is 9.59. The van der Waals surface area contributed by atoms with Crippen LogP contribution in [0.4, 0.5) is 0 Å². The molecule has 200 valence electrons. The fourth-order valence-corrected chi connectivity index (χ4v) is 6.27. The van der Waals surface area contributed by atoms with Gasteiger partial charge in [0, 0.05) is 5.56 Å². The van der Waals surface area contributed by atoms with Crippen molar-refractivity contribution in [1.29, 1.82) is 0 Å². The van der Waals surface area contributed by atoms with Gasteiger partial charge in [0.25, 0.3) is 0 Å². The van der Waals surface area contributed by atoms with Crippen molar-refractivity contribution < 1.29 is 18.7 Å². The van der Waals surface area contributed by atoms with E-state index in [4.69, 9.17) is 9.05 Å². The molecule has 0 amide bonds. The predicted molar refractivity (Wildman–Crippen MR) is 151 cm³/mol. The molecule has 0 bridgehead atoms. The van der Waals surface area contributed by atoms with Gasteiger partial charge in [0.15, 0.2) is 0 Å². The molecule has 0 saturated heterocycles. The first-order valence-electron chi connectivity index (χ1n) is 13.4. The summed E-state index contributed by atoms with van der Waals surface area (Å²) in [5, 5.41) is 11.4. The van der Waals surface area contributed by atoms with Crippen LogP contribution in [-0.2, 0) is 30.6 Å². The number of hydrogen-bond acceptors (Lipinski definition) is 4. The monoisotopic (exact) mass is 506 g/mol. The van der Waals surface area contributed by atoms with E-state index < -0.39 is 7.60 Å². The van der Waals surface area contributed by atoms with Crippen LogP contribution in [0.2, 0.25) is 0 Å². The molecule has 2 atom stereocenters. The molecule has 0 spiro atoms. The highest BCUT2D eigenvalue weighted by Crippen LogP contribution is 2.54. The topological polar surface area (TPSA) is 55.8 Å². The summed E-state index contributed by atoms with van der Waals surface area (Å²) >= 11 is 0. The van der Waals surface area contributed by atoms with Crippen molar-refractivity contribution in [3.05, 3.63) is 53.6 Å². The minimum absolute atomic E-state index is 0.171. The van der Waals surface area contributed by atoms with Crippen LogP contribution in [0.5, 0.6) is 5.75 Å². The number of phenols is 1. The number of unbranched alkanes of at least 4 members (excludes halogenated alkanes) is 3. The fourth-order valence-electron chi connectivity index (χ4n) is 4.42. The normalized spacial score (nSPS) is 15.3. The number of rotatable bonds is 16. The molecule has 0 fully saturated rings. The Morgan fingerprint density at radius 3 is 2.29 bits per heavy atom. The van der Waals surface area contributed by atoms with Crippen molar-refractivity contribution in [2.24, 2.45) is 0 Å². The summed E-state index contributed by atoms with van der Waals surface area (Å²) in [6.45, 7) is 20.8. The van der Waals surface area contributed by atoms with Gasteiger partial charge in [-0.2, -0.15) is 0 Å². The number of allylic oxidation sites excluding steroid dienone is 2. The lowest BCUT2D eigenvalue weighted by molar-refractivity contribution is 0.171. The number of aromatic hydroxyl groups is 1. The summed E-state index contributed by atoms with van der Waals surface area (Å²) in [6, 6.07) is 3.99. The summed E-state index contributed by atoms with van der Waals surface area (Å²) < 4.78 is 25.5. The second-order valence-electron chi connectivity index (χ2n) is 11.2. The Morgan fingerprint density at radius 2 is 1.74 bits per heavy atom. The van der Waals surface area contributed by atoms with Crippen molar-refractivity contribution in [2.75, 3.05) is 6.61 Å². The van der Waals surface area contributed by atoms with Gasteiger partial charge in [-0.25, -0.2) is 0 Å². The molecule has 5 heteroatoms. The van der Waals surface area contributed by atoms with Crippen LogP contribution in [0.3, 0.4) is 0 Å². The summed E-state index contributed by atoms with van der Waals surface area (Å²) in [7, 11) is -3.40. The SMILES string of the molecule is C=CC(CCC)OP(=O)(Cc1cc(C(C)(C)C)c(O)c(C(C)(C)CCCCC/C=C\C)c1)OCC. The van der Waals surface area contributed by atoms with E-state index in [9.17, 15) is 9.67 Å². The lowest BCUT2D eigenvalue weighted by Gasteiger charge is -2.31. The third kappa shape index (κ3) is 10.3. The van der Waals surface area contributed by atoms with E-state index in [2.05, 4.69) is 67.2 Å². The van der Waals surface area contributed by atoms with Gasteiger partial charge in [-0.1, -0.05) is 91.2 Å². The Hall–Kier alpha value is -1.35. The van der Waals surface area contributed by atoms with Crippen molar-refractivity contribution >= 4 is 7.60 Å². The van der Waals surface area contributed by atoms with E-state index in [1.807, 2.05) is 19.1 Å². The molecular formula is C30H51O4P. The maximum atomic E-state index is 13.8. The number of benzene rings is 1. The van der Waals surface area contributed by atoms with Crippen molar-refractivity contribution in [2.45, 2.75) is 123 Å². The lowest BCUT2D eigenvalue weighted by atomic mass is 9.75. The van der Waals surface area contributed by atoms with Crippen LogP contribution >= 0.6 is 7.60 Å². The maximum Gasteiger partial charge on any atom is 0.335 e. The minimum Gasteiger partial charge on any atom is -0.507 e. The number of phenolic OH excluding ortho intramolecular Hbond substituents is 1. The van der Waals surface area contributed by atoms with Gasteiger partial charge in [-0.05, 0) is 61.5 Å². The van der Waals surface area contributed by atoms with E-state index in [0.29, 0.717) is 12.4 Å². The van der Waals surface area contributed by atoms with Gasteiger partial charge in [-0.3, -0.25) is 4.57 Å². The summed E-state index contributed by atoms with van der Waals surface area (Å²) in [5.41, 5.74) is 2.16. The van der Waals surface area contributed by atoms with Crippen molar-refractivity contribution in [3.8, 4) is 5.75 Å². The molecule has 0 saturated carbocycles. The molecule has 1 aromatic rings. The minimum atomic E-state index is -3.40.